The number of rotatable bonds is 3. The van der Waals surface area contributed by atoms with Crippen LogP contribution in [0, 0.1) is 12.7 Å². The maximum atomic E-state index is 13.0. The molecule has 4 nitrogen and oxygen atoms in total. The molecular formula is C12H10BrFN2O2S. The highest BCUT2D eigenvalue weighted by Crippen LogP contribution is 2.23. The van der Waals surface area contributed by atoms with Crippen molar-refractivity contribution in [1.82, 2.24) is 4.98 Å². The zero-order valence-corrected chi connectivity index (χ0v) is 12.3. The number of nitrogens with zero attached hydrogens (tertiary/aromatic N) is 1. The van der Waals surface area contributed by atoms with Crippen LogP contribution in [0.1, 0.15) is 5.56 Å². The largest absolute Gasteiger partial charge is 0.279 e. The maximum absolute atomic E-state index is 13.0. The summed E-state index contributed by atoms with van der Waals surface area (Å²) in [5, 5.41) is 0. The molecule has 0 fully saturated rings. The quantitative estimate of drug-likeness (QED) is 0.930. The van der Waals surface area contributed by atoms with Gasteiger partial charge < -0.3 is 0 Å². The predicted octanol–water partition coefficient (Wildman–Crippen LogP) is 3.09. The van der Waals surface area contributed by atoms with E-state index in [1.54, 1.807) is 25.1 Å². The number of aryl methyl sites for hydroxylation is 1. The topological polar surface area (TPSA) is 59.1 Å². The molecule has 2 rings (SSSR count). The zero-order valence-electron chi connectivity index (χ0n) is 9.89. The van der Waals surface area contributed by atoms with Gasteiger partial charge in [-0.05, 0) is 36.8 Å². The summed E-state index contributed by atoms with van der Waals surface area (Å²) < 4.78 is 40.4. The SMILES string of the molecule is Cc1cc(Br)ccc1NS(=O)(=O)c1cncc(F)c1. The van der Waals surface area contributed by atoms with Crippen LogP contribution in [0.4, 0.5) is 10.1 Å². The number of pyridine rings is 1. The standard InChI is InChI=1S/C12H10BrFN2O2S/c1-8-4-9(13)2-3-12(8)16-19(17,18)11-5-10(14)6-15-7-11/h2-7,16H,1H3. The number of nitrogens with one attached hydrogen (secondary N) is 1. The first-order chi connectivity index (χ1) is 8.88. The molecule has 7 heteroatoms. The monoisotopic (exact) mass is 344 g/mol. The first-order valence-electron chi connectivity index (χ1n) is 5.28. The molecule has 2 aromatic rings. The number of sulfonamides is 1. The van der Waals surface area contributed by atoms with Gasteiger partial charge in [0.25, 0.3) is 10.0 Å². The Kier molecular flexibility index (Phi) is 3.86. The van der Waals surface area contributed by atoms with Crippen molar-refractivity contribution in [2.45, 2.75) is 11.8 Å². The van der Waals surface area contributed by atoms with Crippen LogP contribution in [0.2, 0.25) is 0 Å². The Labute approximate surface area is 118 Å². The fraction of sp³-hybridized carbons (Fsp3) is 0.0833. The van der Waals surface area contributed by atoms with Crippen molar-refractivity contribution in [3.8, 4) is 0 Å². The second-order valence-electron chi connectivity index (χ2n) is 3.90. The highest BCUT2D eigenvalue weighted by molar-refractivity contribution is 9.10. The van der Waals surface area contributed by atoms with Crippen molar-refractivity contribution >= 4 is 31.6 Å². The van der Waals surface area contributed by atoms with Gasteiger partial charge in [-0.3, -0.25) is 9.71 Å². The van der Waals surface area contributed by atoms with Crippen molar-refractivity contribution in [2.75, 3.05) is 4.72 Å². The van der Waals surface area contributed by atoms with Crippen LogP contribution < -0.4 is 4.72 Å². The van der Waals surface area contributed by atoms with Crippen molar-refractivity contribution in [3.63, 3.8) is 0 Å². The molecule has 0 bridgehead atoms. The third-order valence-corrected chi connectivity index (χ3v) is 4.25. The second kappa shape index (κ2) is 5.26. The summed E-state index contributed by atoms with van der Waals surface area (Å²) in [6.07, 6.45) is 2.05. The highest BCUT2D eigenvalue weighted by atomic mass is 79.9. The van der Waals surface area contributed by atoms with Gasteiger partial charge in [0.1, 0.15) is 10.7 Å². The predicted molar refractivity (Wildman–Crippen MR) is 73.9 cm³/mol. The van der Waals surface area contributed by atoms with Crippen molar-refractivity contribution in [2.24, 2.45) is 0 Å². The Hall–Kier alpha value is -1.47. The molecular weight excluding hydrogens is 335 g/mol. The number of halogens is 2. The molecule has 0 unspecified atom stereocenters. The molecule has 0 aliphatic carbocycles. The fourth-order valence-corrected chi connectivity index (χ4v) is 3.06. The Morgan fingerprint density at radius 3 is 2.63 bits per heavy atom. The summed E-state index contributed by atoms with van der Waals surface area (Å²) in [5.41, 5.74) is 1.19. The van der Waals surface area contributed by atoms with Crippen LogP contribution in [-0.4, -0.2) is 13.4 Å². The number of benzene rings is 1. The van der Waals surface area contributed by atoms with Gasteiger partial charge in [0, 0.05) is 10.7 Å². The molecule has 1 aromatic heterocycles. The van der Waals surface area contributed by atoms with Gasteiger partial charge in [-0.25, -0.2) is 12.8 Å². The van der Waals surface area contributed by atoms with E-state index in [-0.39, 0.29) is 4.90 Å². The van der Waals surface area contributed by atoms with E-state index in [1.165, 1.54) is 0 Å². The minimum Gasteiger partial charge on any atom is -0.279 e. The Morgan fingerprint density at radius 1 is 1.26 bits per heavy atom. The molecule has 0 amide bonds. The number of hydrogen-bond acceptors (Lipinski definition) is 3. The van der Waals surface area contributed by atoms with Crippen LogP contribution in [0.25, 0.3) is 0 Å². The summed E-state index contributed by atoms with van der Waals surface area (Å²) in [7, 11) is -3.84. The molecule has 0 radical (unpaired) electrons. The first-order valence-corrected chi connectivity index (χ1v) is 7.55. The lowest BCUT2D eigenvalue weighted by molar-refractivity contribution is 0.592. The lowest BCUT2D eigenvalue weighted by Crippen LogP contribution is -2.14. The fourth-order valence-electron chi connectivity index (χ4n) is 1.48. The van der Waals surface area contributed by atoms with E-state index < -0.39 is 15.8 Å². The van der Waals surface area contributed by atoms with E-state index in [2.05, 4.69) is 25.6 Å². The Balaban J connectivity index is 2.36. The molecule has 1 aromatic carbocycles. The van der Waals surface area contributed by atoms with Crippen LogP contribution >= 0.6 is 15.9 Å². The third kappa shape index (κ3) is 3.30. The van der Waals surface area contributed by atoms with Gasteiger partial charge in [-0.1, -0.05) is 15.9 Å². The number of hydrogen-bond donors (Lipinski definition) is 1. The maximum Gasteiger partial charge on any atom is 0.263 e. The molecule has 0 spiro atoms. The minimum absolute atomic E-state index is 0.213. The molecule has 1 N–H and O–H groups in total. The van der Waals surface area contributed by atoms with E-state index in [1.807, 2.05) is 0 Å². The molecule has 0 aliphatic rings. The van der Waals surface area contributed by atoms with Gasteiger partial charge in [0.05, 0.1) is 11.9 Å². The number of anilines is 1. The second-order valence-corrected chi connectivity index (χ2v) is 6.50. The molecule has 0 aliphatic heterocycles. The summed E-state index contributed by atoms with van der Waals surface area (Å²) in [6, 6.07) is 6.05. The van der Waals surface area contributed by atoms with Crippen molar-refractivity contribution in [1.29, 1.82) is 0 Å². The van der Waals surface area contributed by atoms with E-state index in [9.17, 15) is 12.8 Å². The van der Waals surface area contributed by atoms with Crippen molar-refractivity contribution < 1.29 is 12.8 Å². The van der Waals surface area contributed by atoms with Crippen molar-refractivity contribution in [3.05, 3.63) is 52.5 Å². The molecule has 19 heavy (non-hydrogen) atoms. The normalized spacial score (nSPS) is 11.3. The summed E-state index contributed by atoms with van der Waals surface area (Å²) in [6.45, 7) is 1.77. The van der Waals surface area contributed by atoms with Crippen LogP contribution in [0.15, 0.2) is 46.0 Å². The van der Waals surface area contributed by atoms with Gasteiger partial charge >= 0.3 is 0 Å². The summed E-state index contributed by atoms with van der Waals surface area (Å²) >= 11 is 3.29. The van der Waals surface area contributed by atoms with Gasteiger partial charge in [-0.15, -0.1) is 0 Å². The molecule has 100 valence electrons. The van der Waals surface area contributed by atoms with E-state index in [0.717, 1.165) is 28.5 Å². The van der Waals surface area contributed by atoms with Crippen LogP contribution in [0.5, 0.6) is 0 Å². The van der Waals surface area contributed by atoms with E-state index >= 15 is 0 Å². The van der Waals surface area contributed by atoms with Crippen LogP contribution in [-0.2, 0) is 10.0 Å². The summed E-state index contributed by atoms with van der Waals surface area (Å²) in [4.78, 5) is 3.31. The van der Waals surface area contributed by atoms with Gasteiger partial charge in [0.2, 0.25) is 0 Å². The molecule has 1 heterocycles. The van der Waals surface area contributed by atoms with Crippen LogP contribution in [0.3, 0.4) is 0 Å². The lowest BCUT2D eigenvalue weighted by Gasteiger charge is -2.10. The Bertz CT molecular complexity index is 719. The van der Waals surface area contributed by atoms with E-state index in [4.69, 9.17) is 0 Å². The first kappa shape index (κ1) is 14.0. The van der Waals surface area contributed by atoms with Gasteiger partial charge in [0.15, 0.2) is 0 Å². The average Bonchev–Trinajstić information content (AvgIpc) is 2.33. The van der Waals surface area contributed by atoms with E-state index in [0.29, 0.717) is 5.69 Å². The lowest BCUT2D eigenvalue weighted by atomic mass is 10.2. The highest BCUT2D eigenvalue weighted by Gasteiger charge is 2.16. The van der Waals surface area contributed by atoms with Gasteiger partial charge in [-0.2, -0.15) is 0 Å². The molecule has 0 atom stereocenters. The molecule has 0 saturated heterocycles. The Morgan fingerprint density at radius 2 is 2.00 bits per heavy atom. The zero-order chi connectivity index (χ0) is 14.0. The molecule has 0 saturated carbocycles. The number of aromatic nitrogens is 1. The average molecular weight is 345 g/mol. The minimum atomic E-state index is -3.84. The smallest absolute Gasteiger partial charge is 0.263 e. The summed E-state index contributed by atoms with van der Waals surface area (Å²) in [5.74, 6) is -0.699. The third-order valence-electron chi connectivity index (χ3n) is 2.42.